The molecule has 2 aliphatic carbocycles. The number of ether oxygens (including phenoxy) is 1. The smallest absolute Gasteiger partial charge is 0.407 e. The Bertz CT molecular complexity index is 1080. The van der Waals surface area contributed by atoms with Crippen LogP contribution < -0.4 is 5.32 Å². The Labute approximate surface area is 206 Å². The molecular formula is C28H34N2O5. The molecule has 7 nitrogen and oxygen atoms in total. The van der Waals surface area contributed by atoms with Gasteiger partial charge in [-0.05, 0) is 46.4 Å². The highest BCUT2D eigenvalue weighted by atomic mass is 16.5. The molecule has 7 heteroatoms. The Morgan fingerprint density at radius 1 is 1.03 bits per heavy atom. The van der Waals surface area contributed by atoms with Crippen molar-refractivity contribution in [3.8, 4) is 11.1 Å². The second-order valence-electron chi connectivity index (χ2n) is 10.4. The molecule has 0 saturated heterocycles. The van der Waals surface area contributed by atoms with Gasteiger partial charge in [-0.3, -0.25) is 9.59 Å². The van der Waals surface area contributed by atoms with Gasteiger partial charge in [0.2, 0.25) is 5.91 Å². The minimum absolute atomic E-state index is 0.000134. The fraction of sp³-hybridized carbons (Fsp3) is 0.464. The number of carbonyl (C=O) groups excluding carboxylic acids is 2. The first-order valence-electron chi connectivity index (χ1n) is 12.2. The Balaban J connectivity index is 1.38. The number of nitrogens with one attached hydrogen (secondary N) is 1. The third kappa shape index (κ3) is 4.77. The largest absolute Gasteiger partial charge is 0.480 e. The number of hydrogen-bond donors (Lipinski definition) is 2. The van der Waals surface area contributed by atoms with Crippen LogP contribution in [0.1, 0.15) is 50.7 Å². The van der Waals surface area contributed by atoms with Crippen LogP contribution in [0.4, 0.5) is 4.79 Å². The maximum absolute atomic E-state index is 12.9. The molecule has 0 bridgehead atoms. The SMILES string of the molecule is CC1C(NC(=O)OCC2c3ccccc3-c3ccccc32)CCC(C(=O)N(C)CC(=O)O)C1(C)C. The summed E-state index contributed by atoms with van der Waals surface area (Å²) in [6, 6.07) is 16.3. The molecule has 4 rings (SSSR count). The number of aliphatic carboxylic acids is 1. The summed E-state index contributed by atoms with van der Waals surface area (Å²) in [4.78, 5) is 38.1. The van der Waals surface area contributed by atoms with Gasteiger partial charge < -0.3 is 20.1 Å². The summed E-state index contributed by atoms with van der Waals surface area (Å²) < 4.78 is 5.72. The van der Waals surface area contributed by atoms with Gasteiger partial charge in [-0.1, -0.05) is 69.3 Å². The van der Waals surface area contributed by atoms with Crippen molar-refractivity contribution in [2.24, 2.45) is 17.3 Å². The summed E-state index contributed by atoms with van der Waals surface area (Å²) in [5.74, 6) is -1.49. The molecule has 0 aliphatic heterocycles. The first kappa shape index (κ1) is 24.8. The van der Waals surface area contributed by atoms with E-state index in [1.54, 1.807) is 0 Å². The fourth-order valence-corrected chi connectivity index (χ4v) is 5.78. The molecule has 0 radical (unpaired) electrons. The number of amides is 2. The van der Waals surface area contributed by atoms with Crippen LogP contribution in [0.3, 0.4) is 0 Å². The van der Waals surface area contributed by atoms with E-state index in [0.717, 1.165) is 0 Å². The van der Waals surface area contributed by atoms with E-state index in [4.69, 9.17) is 9.84 Å². The van der Waals surface area contributed by atoms with Crippen molar-refractivity contribution < 1.29 is 24.2 Å². The highest BCUT2D eigenvalue weighted by Gasteiger charge is 2.47. The summed E-state index contributed by atoms with van der Waals surface area (Å²) >= 11 is 0. The number of carboxylic acid groups (broad SMARTS) is 1. The van der Waals surface area contributed by atoms with Gasteiger partial charge in [-0.2, -0.15) is 0 Å². The number of rotatable bonds is 6. The average molecular weight is 479 g/mol. The zero-order chi connectivity index (χ0) is 25.3. The molecule has 0 spiro atoms. The first-order valence-corrected chi connectivity index (χ1v) is 12.2. The van der Waals surface area contributed by atoms with Crippen LogP contribution >= 0.6 is 0 Å². The molecule has 3 unspecified atom stereocenters. The lowest BCUT2D eigenvalue weighted by Crippen LogP contribution is -2.54. The summed E-state index contributed by atoms with van der Waals surface area (Å²) in [5, 5.41) is 12.1. The molecule has 0 aromatic heterocycles. The number of fused-ring (bicyclic) bond motifs is 3. The van der Waals surface area contributed by atoms with Gasteiger partial charge >= 0.3 is 12.1 Å². The molecule has 186 valence electrons. The number of alkyl carbamates (subject to hydrolysis) is 1. The third-order valence-corrected chi connectivity index (χ3v) is 8.14. The van der Waals surface area contributed by atoms with E-state index in [1.807, 2.05) is 45.0 Å². The molecule has 2 aliphatic rings. The number of carboxylic acids is 1. The van der Waals surface area contributed by atoms with Crippen molar-refractivity contribution in [3.63, 3.8) is 0 Å². The van der Waals surface area contributed by atoms with E-state index in [2.05, 4.69) is 29.6 Å². The number of likely N-dealkylation sites (N-methyl/N-ethyl adjacent to an activating group) is 1. The Morgan fingerprint density at radius 3 is 2.17 bits per heavy atom. The van der Waals surface area contributed by atoms with E-state index in [1.165, 1.54) is 34.2 Å². The molecular weight excluding hydrogens is 444 g/mol. The zero-order valence-corrected chi connectivity index (χ0v) is 20.8. The quantitative estimate of drug-likeness (QED) is 0.637. The van der Waals surface area contributed by atoms with Crippen LogP contribution in [-0.2, 0) is 14.3 Å². The van der Waals surface area contributed by atoms with Crippen LogP contribution in [0.2, 0.25) is 0 Å². The number of nitrogens with zero attached hydrogens (tertiary/aromatic N) is 1. The van der Waals surface area contributed by atoms with Crippen LogP contribution in [0, 0.1) is 17.3 Å². The van der Waals surface area contributed by atoms with Gasteiger partial charge in [0.15, 0.2) is 0 Å². The Morgan fingerprint density at radius 2 is 1.60 bits per heavy atom. The van der Waals surface area contributed by atoms with Gasteiger partial charge in [0.05, 0.1) is 0 Å². The average Bonchev–Trinajstić information content (AvgIpc) is 3.14. The van der Waals surface area contributed by atoms with Crippen molar-refractivity contribution in [2.45, 2.75) is 45.6 Å². The van der Waals surface area contributed by atoms with Crippen molar-refractivity contribution >= 4 is 18.0 Å². The maximum atomic E-state index is 12.9. The molecule has 1 fully saturated rings. The molecule has 1 saturated carbocycles. The van der Waals surface area contributed by atoms with Gasteiger partial charge in [0.25, 0.3) is 0 Å². The topological polar surface area (TPSA) is 95.9 Å². The second-order valence-corrected chi connectivity index (χ2v) is 10.4. The third-order valence-electron chi connectivity index (χ3n) is 8.14. The van der Waals surface area contributed by atoms with Gasteiger partial charge in [0.1, 0.15) is 13.2 Å². The number of hydrogen-bond acceptors (Lipinski definition) is 4. The minimum atomic E-state index is -1.03. The molecule has 0 heterocycles. The number of benzene rings is 2. The molecule has 2 N–H and O–H groups in total. The predicted octanol–water partition coefficient (Wildman–Crippen LogP) is 4.51. The standard InChI is InChI=1S/C28H34N2O5/c1-17-24(14-13-23(28(17,2)3)26(33)30(4)15-25(31)32)29-27(34)35-16-22-20-11-7-5-9-18(20)19-10-6-8-12-21(19)22/h5-12,17,22-24H,13-16H2,1-4H3,(H,29,34)(H,31,32). The lowest BCUT2D eigenvalue weighted by Gasteiger charge is -2.47. The Kier molecular flexibility index (Phi) is 6.88. The molecule has 2 amide bonds. The lowest BCUT2D eigenvalue weighted by molar-refractivity contribution is -0.149. The van der Waals surface area contributed by atoms with Crippen molar-refractivity contribution in [3.05, 3.63) is 59.7 Å². The van der Waals surface area contributed by atoms with E-state index >= 15 is 0 Å². The highest BCUT2D eigenvalue weighted by Crippen LogP contribution is 2.46. The van der Waals surface area contributed by atoms with E-state index in [9.17, 15) is 14.4 Å². The lowest BCUT2D eigenvalue weighted by atomic mass is 9.60. The first-order chi connectivity index (χ1) is 16.6. The van der Waals surface area contributed by atoms with E-state index < -0.39 is 17.5 Å². The van der Waals surface area contributed by atoms with E-state index in [-0.39, 0.29) is 42.9 Å². The van der Waals surface area contributed by atoms with Crippen molar-refractivity contribution in [2.75, 3.05) is 20.2 Å². The van der Waals surface area contributed by atoms with Crippen LogP contribution in [-0.4, -0.2) is 54.2 Å². The Hall–Kier alpha value is -3.35. The van der Waals surface area contributed by atoms with Crippen molar-refractivity contribution in [1.82, 2.24) is 10.2 Å². The zero-order valence-electron chi connectivity index (χ0n) is 20.8. The van der Waals surface area contributed by atoms with E-state index in [0.29, 0.717) is 12.8 Å². The van der Waals surface area contributed by atoms with Gasteiger partial charge in [-0.15, -0.1) is 0 Å². The minimum Gasteiger partial charge on any atom is -0.480 e. The second kappa shape index (κ2) is 9.72. The summed E-state index contributed by atoms with van der Waals surface area (Å²) in [6.07, 6.45) is 0.757. The summed E-state index contributed by atoms with van der Waals surface area (Å²) in [7, 11) is 1.53. The predicted molar refractivity (Wildman–Crippen MR) is 133 cm³/mol. The monoisotopic (exact) mass is 478 g/mol. The van der Waals surface area contributed by atoms with Crippen molar-refractivity contribution in [1.29, 1.82) is 0 Å². The summed E-state index contributed by atoms with van der Waals surface area (Å²) in [6.45, 7) is 6.00. The van der Waals surface area contributed by atoms with Gasteiger partial charge in [-0.25, -0.2) is 4.79 Å². The maximum Gasteiger partial charge on any atom is 0.407 e. The number of carbonyl (C=O) groups is 3. The highest BCUT2D eigenvalue weighted by molar-refractivity contribution is 5.83. The fourth-order valence-electron chi connectivity index (χ4n) is 5.78. The normalized spacial score (nSPS) is 22.6. The summed E-state index contributed by atoms with van der Waals surface area (Å²) in [5.41, 5.74) is 4.29. The van der Waals surface area contributed by atoms with Gasteiger partial charge in [0, 0.05) is 24.9 Å². The van der Waals surface area contributed by atoms with Crippen LogP contribution in [0.15, 0.2) is 48.5 Å². The molecule has 2 aromatic carbocycles. The molecule has 35 heavy (non-hydrogen) atoms. The molecule has 2 aromatic rings. The van der Waals surface area contributed by atoms with Crippen LogP contribution in [0.5, 0.6) is 0 Å². The molecule has 3 atom stereocenters. The van der Waals surface area contributed by atoms with Crippen LogP contribution in [0.25, 0.3) is 11.1 Å².